The minimum Gasteiger partial charge on any atom is -0.345 e. The number of nitrogens with zero attached hydrogens (tertiary/aromatic N) is 3. The number of imidazole rings is 1. The largest absolute Gasteiger partial charge is 0.345 e. The lowest BCUT2D eigenvalue weighted by Gasteiger charge is -2.13. The van der Waals surface area contributed by atoms with Crippen molar-refractivity contribution in [2.45, 2.75) is 0 Å². The maximum absolute atomic E-state index is 11.9. The van der Waals surface area contributed by atoms with Gasteiger partial charge >= 0.3 is 6.03 Å². The predicted molar refractivity (Wildman–Crippen MR) is 76.1 cm³/mol. The van der Waals surface area contributed by atoms with Crippen molar-refractivity contribution in [3.05, 3.63) is 47.5 Å². The van der Waals surface area contributed by atoms with E-state index in [-0.39, 0.29) is 11.9 Å². The summed E-state index contributed by atoms with van der Waals surface area (Å²) < 4.78 is 1.29. The molecule has 1 N–H and O–H groups in total. The molecule has 0 aliphatic carbocycles. The van der Waals surface area contributed by atoms with E-state index < -0.39 is 0 Å². The Balaban J connectivity index is 2.24. The highest BCUT2D eigenvalue weighted by Crippen LogP contribution is 2.21. The number of carbonyl (C=O) groups is 2. The van der Waals surface area contributed by atoms with Gasteiger partial charge in [-0.25, -0.2) is 9.78 Å². The van der Waals surface area contributed by atoms with Crippen molar-refractivity contribution in [3.8, 4) is 0 Å². The van der Waals surface area contributed by atoms with Crippen LogP contribution < -0.4 is 5.32 Å². The zero-order valence-corrected chi connectivity index (χ0v) is 11.8. The number of carbonyl (C=O) groups excluding carboxylic acids is 2. The van der Waals surface area contributed by atoms with Gasteiger partial charge in [-0.3, -0.25) is 9.36 Å². The Kier molecular flexibility index (Phi) is 4.05. The summed E-state index contributed by atoms with van der Waals surface area (Å²) in [7, 11) is 3.27. The molecule has 1 aromatic heterocycles. The summed E-state index contributed by atoms with van der Waals surface area (Å²) in [5.74, 6) is -0.228. The third kappa shape index (κ3) is 2.97. The van der Waals surface area contributed by atoms with E-state index >= 15 is 0 Å². The topological polar surface area (TPSA) is 67.2 Å². The average Bonchev–Trinajstić information content (AvgIpc) is 2.94. The fourth-order valence-corrected chi connectivity index (χ4v) is 1.77. The molecule has 104 valence electrons. The molecule has 6 nitrogen and oxygen atoms in total. The summed E-state index contributed by atoms with van der Waals surface area (Å²) in [5, 5.41) is 3.00. The zero-order chi connectivity index (χ0) is 14.7. The van der Waals surface area contributed by atoms with Crippen LogP contribution in [0.5, 0.6) is 0 Å². The van der Waals surface area contributed by atoms with Gasteiger partial charge in [0.2, 0.25) is 0 Å². The number of anilines is 1. The fraction of sp³-hybridized carbons (Fsp3) is 0.154. The van der Waals surface area contributed by atoms with Crippen molar-refractivity contribution in [1.29, 1.82) is 0 Å². The van der Waals surface area contributed by atoms with E-state index in [1.54, 1.807) is 32.3 Å². The number of amides is 2. The standard InChI is InChI=1S/C13H13ClN4O2/c1-17(2)12(19)10-7-9(3-4-11(10)14)16-13(20)18-6-5-15-8-18/h3-8H,1-2H3,(H,16,20). The quantitative estimate of drug-likeness (QED) is 0.923. The van der Waals surface area contributed by atoms with Crippen molar-refractivity contribution in [3.63, 3.8) is 0 Å². The first-order valence-corrected chi connectivity index (χ1v) is 6.17. The number of halogens is 1. The lowest BCUT2D eigenvalue weighted by molar-refractivity contribution is 0.0828. The molecule has 0 unspecified atom stereocenters. The highest BCUT2D eigenvalue weighted by molar-refractivity contribution is 6.34. The van der Waals surface area contributed by atoms with E-state index in [0.29, 0.717) is 16.3 Å². The highest BCUT2D eigenvalue weighted by Gasteiger charge is 2.14. The van der Waals surface area contributed by atoms with Gasteiger partial charge in [0.25, 0.3) is 5.91 Å². The van der Waals surface area contributed by atoms with Gasteiger partial charge in [0.15, 0.2) is 0 Å². The van der Waals surface area contributed by atoms with E-state index in [0.717, 1.165) is 0 Å². The molecule has 2 rings (SSSR count). The van der Waals surface area contributed by atoms with Crippen LogP contribution in [0.4, 0.5) is 10.5 Å². The number of nitrogens with one attached hydrogen (secondary N) is 1. The predicted octanol–water partition coefficient (Wildman–Crippen LogP) is 2.32. The Labute approximate surface area is 121 Å². The van der Waals surface area contributed by atoms with Gasteiger partial charge in [0.05, 0.1) is 10.6 Å². The molecular weight excluding hydrogens is 280 g/mol. The van der Waals surface area contributed by atoms with Crippen LogP contribution in [0.25, 0.3) is 0 Å². The smallest absolute Gasteiger partial charge is 0.331 e. The van der Waals surface area contributed by atoms with Crippen LogP contribution in [0.3, 0.4) is 0 Å². The van der Waals surface area contributed by atoms with Crippen molar-refractivity contribution < 1.29 is 9.59 Å². The van der Waals surface area contributed by atoms with Crippen molar-refractivity contribution >= 4 is 29.2 Å². The van der Waals surface area contributed by atoms with Gasteiger partial charge in [-0.15, -0.1) is 0 Å². The van der Waals surface area contributed by atoms with Crippen molar-refractivity contribution in [2.75, 3.05) is 19.4 Å². The molecule has 2 amide bonds. The zero-order valence-electron chi connectivity index (χ0n) is 11.0. The first-order chi connectivity index (χ1) is 9.49. The monoisotopic (exact) mass is 292 g/mol. The molecular formula is C13H13ClN4O2. The molecule has 0 atom stereocenters. The third-order valence-corrected chi connectivity index (χ3v) is 2.92. The molecule has 2 aromatic rings. The number of aromatic nitrogens is 2. The van der Waals surface area contributed by atoms with E-state index in [1.165, 1.54) is 28.2 Å². The molecule has 0 saturated heterocycles. The molecule has 7 heteroatoms. The minimum absolute atomic E-state index is 0.228. The van der Waals surface area contributed by atoms with Crippen LogP contribution in [-0.4, -0.2) is 40.5 Å². The number of benzene rings is 1. The Morgan fingerprint density at radius 2 is 2.10 bits per heavy atom. The van der Waals surface area contributed by atoms with Crippen LogP contribution in [0, 0.1) is 0 Å². The Morgan fingerprint density at radius 1 is 1.35 bits per heavy atom. The Hall–Kier alpha value is -2.34. The van der Waals surface area contributed by atoms with Gasteiger partial charge < -0.3 is 10.2 Å². The summed E-state index contributed by atoms with van der Waals surface area (Å²) in [6.07, 6.45) is 4.41. The van der Waals surface area contributed by atoms with Gasteiger partial charge in [-0.2, -0.15) is 0 Å². The van der Waals surface area contributed by atoms with Crippen LogP contribution in [0.2, 0.25) is 5.02 Å². The normalized spacial score (nSPS) is 10.2. The molecule has 0 fully saturated rings. The van der Waals surface area contributed by atoms with Gasteiger partial charge in [-0.05, 0) is 18.2 Å². The second-order valence-corrected chi connectivity index (χ2v) is 4.70. The number of rotatable bonds is 2. The van der Waals surface area contributed by atoms with Crippen LogP contribution in [0.15, 0.2) is 36.9 Å². The van der Waals surface area contributed by atoms with Gasteiger partial charge in [0, 0.05) is 32.2 Å². The van der Waals surface area contributed by atoms with Gasteiger partial charge in [0.1, 0.15) is 6.33 Å². The summed E-state index contributed by atoms with van der Waals surface area (Å²) in [6, 6.07) is 4.37. The molecule has 0 radical (unpaired) electrons. The lowest BCUT2D eigenvalue weighted by Crippen LogP contribution is -2.23. The second-order valence-electron chi connectivity index (χ2n) is 4.29. The Morgan fingerprint density at radius 3 is 2.70 bits per heavy atom. The summed E-state index contributed by atoms with van der Waals surface area (Å²) in [5.41, 5.74) is 0.818. The maximum atomic E-state index is 11.9. The van der Waals surface area contributed by atoms with E-state index in [4.69, 9.17) is 11.6 Å². The molecule has 1 aromatic carbocycles. The van der Waals surface area contributed by atoms with Crippen LogP contribution >= 0.6 is 11.6 Å². The molecule has 0 aliphatic rings. The second kappa shape index (κ2) is 5.75. The summed E-state index contributed by atoms with van der Waals surface area (Å²) in [6.45, 7) is 0. The summed E-state index contributed by atoms with van der Waals surface area (Å²) in [4.78, 5) is 29.0. The van der Waals surface area contributed by atoms with Crippen LogP contribution in [0.1, 0.15) is 10.4 Å². The average molecular weight is 293 g/mol. The Bertz CT molecular complexity index is 638. The number of hydrogen-bond donors (Lipinski definition) is 1. The maximum Gasteiger partial charge on any atom is 0.331 e. The molecule has 0 bridgehead atoms. The van der Waals surface area contributed by atoms with Crippen molar-refractivity contribution in [1.82, 2.24) is 14.5 Å². The third-order valence-electron chi connectivity index (χ3n) is 2.59. The van der Waals surface area contributed by atoms with Crippen molar-refractivity contribution in [2.24, 2.45) is 0 Å². The molecule has 1 heterocycles. The number of hydrogen-bond acceptors (Lipinski definition) is 3. The molecule has 20 heavy (non-hydrogen) atoms. The van der Waals surface area contributed by atoms with E-state index in [9.17, 15) is 9.59 Å². The summed E-state index contributed by atoms with van der Waals surface area (Å²) >= 11 is 6.00. The van der Waals surface area contributed by atoms with E-state index in [2.05, 4.69) is 10.3 Å². The lowest BCUT2D eigenvalue weighted by atomic mass is 10.2. The van der Waals surface area contributed by atoms with E-state index in [1.807, 2.05) is 0 Å². The van der Waals surface area contributed by atoms with Crippen LogP contribution in [-0.2, 0) is 0 Å². The van der Waals surface area contributed by atoms with Gasteiger partial charge in [-0.1, -0.05) is 11.6 Å². The SMILES string of the molecule is CN(C)C(=O)c1cc(NC(=O)n2ccnc2)ccc1Cl. The molecule has 0 spiro atoms. The highest BCUT2D eigenvalue weighted by atomic mass is 35.5. The first-order valence-electron chi connectivity index (χ1n) is 5.79. The molecule has 0 saturated carbocycles. The minimum atomic E-state index is -0.368. The molecule has 0 aliphatic heterocycles. The first kappa shape index (κ1) is 14.1. The fourth-order valence-electron chi connectivity index (χ4n) is 1.58.